The van der Waals surface area contributed by atoms with Crippen LogP contribution in [0.1, 0.15) is 41.8 Å². The molecule has 0 heterocycles. The first-order chi connectivity index (χ1) is 13.6. The SMILES string of the molecule is CCCOc1ccc(C(=O)NNC(=O)/C=C/c2ccc(CC)cc2)cc1OC. The van der Waals surface area contributed by atoms with E-state index in [9.17, 15) is 9.59 Å². The number of carbonyl (C=O) groups excluding carboxylic acids is 2. The first-order valence-electron chi connectivity index (χ1n) is 9.25. The summed E-state index contributed by atoms with van der Waals surface area (Å²) in [7, 11) is 1.51. The summed E-state index contributed by atoms with van der Waals surface area (Å²) in [6.45, 7) is 4.65. The number of hydrazine groups is 1. The Balaban J connectivity index is 1.91. The minimum Gasteiger partial charge on any atom is -0.493 e. The van der Waals surface area contributed by atoms with E-state index < -0.39 is 11.8 Å². The topological polar surface area (TPSA) is 76.7 Å². The van der Waals surface area contributed by atoms with Crippen LogP contribution in [0.25, 0.3) is 6.08 Å². The summed E-state index contributed by atoms with van der Waals surface area (Å²) < 4.78 is 10.8. The van der Waals surface area contributed by atoms with Crippen molar-refractivity contribution in [3.05, 3.63) is 65.2 Å². The van der Waals surface area contributed by atoms with Crippen molar-refractivity contribution in [2.24, 2.45) is 0 Å². The first-order valence-corrected chi connectivity index (χ1v) is 9.25. The lowest BCUT2D eigenvalue weighted by Crippen LogP contribution is -2.40. The van der Waals surface area contributed by atoms with Crippen molar-refractivity contribution in [1.29, 1.82) is 0 Å². The van der Waals surface area contributed by atoms with Crippen LogP contribution in [0, 0.1) is 0 Å². The molecule has 2 amide bonds. The van der Waals surface area contributed by atoms with Crippen LogP contribution in [-0.4, -0.2) is 25.5 Å². The van der Waals surface area contributed by atoms with Crippen molar-refractivity contribution in [3.63, 3.8) is 0 Å². The Morgan fingerprint density at radius 2 is 1.75 bits per heavy atom. The highest BCUT2D eigenvalue weighted by Gasteiger charge is 2.11. The molecule has 2 rings (SSSR count). The molecule has 0 aliphatic carbocycles. The number of benzene rings is 2. The second-order valence-corrected chi connectivity index (χ2v) is 6.09. The standard InChI is InChI=1S/C22H26N2O4/c1-4-14-28-19-12-11-18(15-20(19)27-3)22(26)24-23-21(25)13-10-17-8-6-16(5-2)7-9-17/h6-13,15H,4-5,14H2,1-3H3,(H,23,25)(H,24,26)/b13-10+. The number of rotatable bonds is 8. The molecule has 28 heavy (non-hydrogen) atoms. The zero-order chi connectivity index (χ0) is 20.4. The molecular formula is C22H26N2O4. The normalized spacial score (nSPS) is 10.5. The third kappa shape index (κ3) is 6.16. The average Bonchev–Trinajstić information content (AvgIpc) is 2.74. The fourth-order valence-electron chi connectivity index (χ4n) is 2.41. The van der Waals surface area contributed by atoms with Crippen molar-refractivity contribution in [3.8, 4) is 11.5 Å². The minimum atomic E-state index is -0.450. The van der Waals surface area contributed by atoms with Gasteiger partial charge in [0.1, 0.15) is 0 Å². The van der Waals surface area contributed by atoms with Gasteiger partial charge in [-0.3, -0.25) is 20.4 Å². The van der Waals surface area contributed by atoms with Gasteiger partial charge in [-0.25, -0.2) is 0 Å². The summed E-state index contributed by atoms with van der Waals surface area (Å²) in [4.78, 5) is 24.2. The Hall–Kier alpha value is -3.28. The van der Waals surface area contributed by atoms with E-state index in [1.165, 1.54) is 18.7 Å². The fourth-order valence-corrected chi connectivity index (χ4v) is 2.41. The molecule has 148 valence electrons. The van der Waals surface area contributed by atoms with Gasteiger partial charge in [-0.1, -0.05) is 38.1 Å². The molecule has 0 unspecified atom stereocenters. The number of ether oxygens (including phenoxy) is 2. The highest BCUT2D eigenvalue weighted by Crippen LogP contribution is 2.28. The van der Waals surface area contributed by atoms with E-state index in [0.29, 0.717) is 23.7 Å². The lowest BCUT2D eigenvalue weighted by molar-refractivity contribution is -0.117. The summed E-state index contributed by atoms with van der Waals surface area (Å²) in [6.07, 6.45) is 4.88. The molecule has 0 fully saturated rings. The van der Waals surface area contributed by atoms with Gasteiger partial charge in [0.2, 0.25) is 0 Å². The molecule has 0 spiro atoms. The molecule has 0 radical (unpaired) electrons. The Morgan fingerprint density at radius 3 is 2.39 bits per heavy atom. The van der Waals surface area contributed by atoms with E-state index in [-0.39, 0.29) is 0 Å². The van der Waals surface area contributed by atoms with Crippen molar-refractivity contribution >= 4 is 17.9 Å². The average molecular weight is 382 g/mol. The molecule has 6 heteroatoms. The van der Waals surface area contributed by atoms with Crippen LogP contribution in [0.5, 0.6) is 11.5 Å². The minimum absolute atomic E-state index is 0.347. The van der Waals surface area contributed by atoms with E-state index in [4.69, 9.17) is 9.47 Å². The van der Waals surface area contributed by atoms with Crippen molar-refractivity contribution in [2.75, 3.05) is 13.7 Å². The van der Waals surface area contributed by atoms with Gasteiger partial charge in [0.05, 0.1) is 13.7 Å². The molecule has 2 N–H and O–H groups in total. The maximum atomic E-state index is 12.2. The summed E-state index contributed by atoms with van der Waals surface area (Å²) in [6, 6.07) is 12.8. The van der Waals surface area contributed by atoms with Gasteiger partial charge >= 0.3 is 0 Å². The molecule has 0 aromatic heterocycles. The zero-order valence-electron chi connectivity index (χ0n) is 16.5. The van der Waals surface area contributed by atoms with Crippen LogP contribution in [0.15, 0.2) is 48.5 Å². The maximum Gasteiger partial charge on any atom is 0.269 e. The highest BCUT2D eigenvalue weighted by atomic mass is 16.5. The van der Waals surface area contributed by atoms with Crippen LogP contribution in [0.4, 0.5) is 0 Å². The Bertz CT molecular complexity index is 829. The second kappa shape index (κ2) is 10.8. The molecule has 0 bridgehead atoms. The van der Waals surface area contributed by atoms with E-state index in [2.05, 4.69) is 17.8 Å². The fraction of sp³-hybridized carbons (Fsp3) is 0.273. The van der Waals surface area contributed by atoms with E-state index in [0.717, 1.165) is 18.4 Å². The lowest BCUT2D eigenvalue weighted by Gasteiger charge is -2.12. The van der Waals surface area contributed by atoms with Crippen LogP contribution >= 0.6 is 0 Å². The number of amides is 2. The number of aryl methyl sites for hydroxylation is 1. The predicted octanol–water partition coefficient (Wildman–Crippen LogP) is 3.52. The second-order valence-electron chi connectivity index (χ2n) is 6.09. The molecule has 2 aromatic rings. The number of carbonyl (C=O) groups is 2. The number of methoxy groups -OCH3 is 1. The van der Waals surface area contributed by atoms with Crippen LogP contribution < -0.4 is 20.3 Å². The van der Waals surface area contributed by atoms with Crippen molar-refractivity contribution in [2.45, 2.75) is 26.7 Å². The smallest absolute Gasteiger partial charge is 0.269 e. The summed E-state index contributed by atoms with van der Waals surface area (Å²) >= 11 is 0. The number of hydrogen-bond donors (Lipinski definition) is 2. The van der Waals surface area contributed by atoms with Gasteiger partial charge in [-0.05, 0) is 48.2 Å². The Morgan fingerprint density at radius 1 is 1.00 bits per heavy atom. The van der Waals surface area contributed by atoms with Crippen LogP contribution in [-0.2, 0) is 11.2 Å². The summed E-state index contributed by atoms with van der Waals surface area (Å²) in [5.41, 5.74) is 7.23. The third-order valence-electron chi connectivity index (χ3n) is 4.00. The molecule has 0 aliphatic heterocycles. The summed E-state index contributed by atoms with van der Waals surface area (Å²) in [5, 5.41) is 0. The number of nitrogens with one attached hydrogen (secondary N) is 2. The van der Waals surface area contributed by atoms with Crippen molar-refractivity contribution in [1.82, 2.24) is 10.9 Å². The highest BCUT2D eigenvalue weighted by molar-refractivity contribution is 5.98. The molecule has 2 aromatic carbocycles. The Labute approximate surface area is 165 Å². The van der Waals surface area contributed by atoms with Crippen molar-refractivity contribution < 1.29 is 19.1 Å². The molecule has 6 nitrogen and oxygen atoms in total. The van der Waals surface area contributed by atoms with Gasteiger partial charge in [0.25, 0.3) is 11.8 Å². The maximum absolute atomic E-state index is 12.2. The van der Waals surface area contributed by atoms with E-state index in [1.54, 1.807) is 24.3 Å². The lowest BCUT2D eigenvalue weighted by atomic mass is 10.1. The van der Waals surface area contributed by atoms with Crippen LogP contribution in [0.2, 0.25) is 0 Å². The summed E-state index contributed by atoms with van der Waals surface area (Å²) in [5.74, 6) is 0.155. The quantitative estimate of drug-likeness (QED) is 0.541. The van der Waals surface area contributed by atoms with E-state index in [1.807, 2.05) is 31.2 Å². The van der Waals surface area contributed by atoms with Gasteiger partial charge < -0.3 is 9.47 Å². The van der Waals surface area contributed by atoms with Gasteiger partial charge in [0, 0.05) is 11.6 Å². The monoisotopic (exact) mass is 382 g/mol. The largest absolute Gasteiger partial charge is 0.493 e. The molecular weight excluding hydrogens is 356 g/mol. The van der Waals surface area contributed by atoms with Gasteiger partial charge in [0.15, 0.2) is 11.5 Å². The zero-order valence-corrected chi connectivity index (χ0v) is 16.5. The first kappa shape index (κ1) is 21.0. The molecule has 0 saturated carbocycles. The predicted molar refractivity (Wildman–Crippen MR) is 109 cm³/mol. The van der Waals surface area contributed by atoms with Gasteiger partial charge in [-0.2, -0.15) is 0 Å². The molecule has 0 atom stereocenters. The molecule has 0 aliphatic rings. The van der Waals surface area contributed by atoms with Gasteiger partial charge in [-0.15, -0.1) is 0 Å². The number of hydrogen-bond acceptors (Lipinski definition) is 4. The van der Waals surface area contributed by atoms with Crippen LogP contribution in [0.3, 0.4) is 0 Å². The van der Waals surface area contributed by atoms with E-state index >= 15 is 0 Å². The third-order valence-corrected chi connectivity index (χ3v) is 4.00. The Kier molecular flexibility index (Phi) is 8.09. The molecule has 0 saturated heterocycles.